The lowest BCUT2D eigenvalue weighted by Crippen LogP contribution is -2.45. The third kappa shape index (κ3) is 5.29. The van der Waals surface area contributed by atoms with Gasteiger partial charge in [0.25, 0.3) is 11.6 Å². The number of nitro groups is 1. The molecule has 1 aromatic rings. The highest BCUT2D eigenvalue weighted by atomic mass is 35.5. The normalized spacial score (nSPS) is 17.3. The van der Waals surface area contributed by atoms with E-state index >= 15 is 0 Å². The number of ether oxygens (including phenoxy) is 1. The van der Waals surface area contributed by atoms with E-state index in [-0.39, 0.29) is 29.3 Å². The maximum absolute atomic E-state index is 12.2. The van der Waals surface area contributed by atoms with E-state index in [2.05, 4.69) is 0 Å². The monoisotopic (exact) mass is 380 g/mol. The topological polar surface area (TPSA) is 89.8 Å². The Morgan fingerprint density at radius 1 is 1.42 bits per heavy atom. The Bertz CT molecular complexity index is 720. The molecule has 1 heterocycles. The summed E-state index contributed by atoms with van der Waals surface area (Å²) in [5.41, 5.74) is 0.194. The summed E-state index contributed by atoms with van der Waals surface area (Å²) in [5.74, 6) is -0.874. The minimum Gasteiger partial charge on any atom is -0.452 e. The average Bonchev–Trinajstić information content (AvgIpc) is 2.65. The fourth-order valence-electron chi connectivity index (χ4n) is 2.95. The van der Waals surface area contributed by atoms with Gasteiger partial charge in [0.05, 0.1) is 4.92 Å². The number of nitro benzene ring substituents is 1. The molecule has 1 aromatic carbocycles. The lowest BCUT2D eigenvalue weighted by atomic mass is 10.00. The van der Waals surface area contributed by atoms with Crippen LogP contribution in [-0.2, 0) is 14.3 Å². The van der Waals surface area contributed by atoms with E-state index in [0.717, 1.165) is 31.8 Å². The van der Waals surface area contributed by atoms with Crippen LogP contribution in [0.15, 0.2) is 24.3 Å². The van der Waals surface area contributed by atoms with Gasteiger partial charge < -0.3 is 9.64 Å². The number of carbonyl (C=O) groups excluding carboxylic acids is 2. The molecule has 140 valence electrons. The smallest absolute Gasteiger partial charge is 0.331 e. The number of likely N-dealkylation sites (tertiary alicyclic amines) is 1. The molecular weight excluding hydrogens is 360 g/mol. The first-order valence-corrected chi connectivity index (χ1v) is 8.88. The van der Waals surface area contributed by atoms with Crippen LogP contribution in [0, 0.1) is 10.1 Å². The van der Waals surface area contributed by atoms with Crippen LogP contribution in [0.5, 0.6) is 0 Å². The van der Waals surface area contributed by atoms with Crippen molar-refractivity contribution >= 4 is 35.2 Å². The minimum absolute atomic E-state index is 0.0207. The van der Waals surface area contributed by atoms with Gasteiger partial charge in [-0.05, 0) is 43.4 Å². The molecule has 1 atom stereocenters. The van der Waals surface area contributed by atoms with Gasteiger partial charge in [0.1, 0.15) is 5.02 Å². The van der Waals surface area contributed by atoms with E-state index in [1.807, 2.05) is 6.92 Å². The fraction of sp³-hybridized carbons (Fsp3) is 0.444. The maximum Gasteiger partial charge on any atom is 0.331 e. The Morgan fingerprint density at radius 3 is 2.88 bits per heavy atom. The number of rotatable bonds is 6. The first-order valence-electron chi connectivity index (χ1n) is 8.50. The average molecular weight is 381 g/mol. The third-order valence-corrected chi connectivity index (χ3v) is 4.66. The molecule has 1 unspecified atom stereocenters. The largest absolute Gasteiger partial charge is 0.452 e. The summed E-state index contributed by atoms with van der Waals surface area (Å²) < 4.78 is 5.00. The van der Waals surface area contributed by atoms with Gasteiger partial charge in [-0.15, -0.1) is 0 Å². The Hall–Kier alpha value is -2.41. The summed E-state index contributed by atoms with van der Waals surface area (Å²) in [6.07, 6.45) is 6.45. The molecule has 26 heavy (non-hydrogen) atoms. The van der Waals surface area contributed by atoms with Crippen LogP contribution in [0.4, 0.5) is 5.69 Å². The van der Waals surface area contributed by atoms with E-state index in [0.29, 0.717) is 12.1 Å². The van der Waals surface area contributed by atoms with Crippen molar-refractivity contribution in [1.29, 1.82) is 0 Å². The van der Waals surface area contributed by atoms with Crippen LogP contribution in [0.2, 0.25) is 5.02 Å². The number of benzene rings is 1. The van der Waals surface area contributed by atoms with Crippen LogP contribution in [-0.4, -0.2) is 40.9 Å². The van der Waals surface area contributed by atoms with Gasteiger partial charge in [-0.1, -0.05) is 24.6 Å². The van der Waals surface area contributed by atoms with Gasteiger partial charge in [0.15, 0.2) is 6.61 Å². The van der Waals surface area contributed by atoms with Crippen molar-refractivity contribution in [3.05, 3.63) is 45.0 Å². The number of piperidine rings is 1. The second-order valence-electron chi connectivity index (χ2n) is 6.05. The van der Waals surface area contributed by atoms with Crippen LogP contribution in [0.25, 0.3) is 6.08 Å². The predicted molar refractivity (Wildman–Crippen MR) is 97.7 cm³/mol. The van der Waals surface area contributed by atoms with Gasteiger partial charge in [0.2, 0.25) is 0 Å². The SMILES string of the molecule is CCC1CCCCN1C(=O)COC(=O)/C=C/c1ccc(Cl)c([N+](=O)[O-])c1. The number of amides is 1. The molecule has 1 saturated heterocycles. The highest BCUT2D eigenvalue weighted by Gasteiger charge is 2.25. The first kappa shape index (κ1) is 19.9. The molecule has 0 N–H and O–H groups in total. The predicted octanol–water partition coefficient (Wildman–Crippen LogP) is 3.60. The second kappa shape index (κ2) is 9.33. The van der Waals surface area contributed by atoms with Gasteiger partial charge in [-0.25, -0.2) is 4.79 Å². The zero-order valence-electron chi connectivity index (χ0n) is 14.5. The van der Waals surface area contributed by atoms with Crippen LogP contribution in [0.3, 0.4) is 0 Å². The summed E-state index contributed by atoms with van der Waals surface area (Å²) in [5, 5.41) is 10.9. The van der Waals surface area contributed by atoms with Crippen molar-refractivity contribution in [3.63, 3.8) is 0 Å². The standard InChI is InChI=1S/C18H21ClN2O5/c1-2-14-5-3-4-10-20(14)17(22)12-26-18(23)9-7-13-6-8-15(19)16(11-13)21(24)25/h6-9,11,14H,2-5,10,12H2,1H3/b9-7+. The van der Waals surface area contributed by atoms with Gasteiger partial charge in [-0.2, -0.15) is 0 Å². The van der Waals surface area contributed by atoms with Gasteiger partial charge >= 0.3 is 5.97 Å². The van der Waals surface area contributed by atoms with Crippen molar-refractivity contribution in [2.75, 3.05) is 13.2 Å². The molecule has 0 spiro atoms. The van der Waals surface area contributed by atoms with E-state index in [9.17, 15) is 19.7 Å². The highest BCUT2D eigenvalue weighted by Crippen LogP contribution is 2.25. The molecule has 1 amide bonds. The van der Waals surface area contributed by atoms with E-state index in [4.69, 9.17) is 16.3 Å². The molecule has 8 heteroatoms. The van der Waals surface area contributed by atoms with Crippen molar-refractivity contribution in [3.8, 4) is 0 Å². The quantitative estimate of drug-likeness (QED) is 0.325. The van der Waals surface area contributed by atoms with Crippen LogP contribution in [0.1, 0.15) is 38.2 Å². The highest BCUT2D eigenvalue weighted by molar-refractivity contribution is 6.32. The lowest BCUT2D eigenvalue weighted by molar-refractivity contribution is -0.384. The Balaban J connectivity index is 1.90. The zero-order valence-corrected chi connectivity index (χ0v) is 15.3. The van der Waals surface area contributed by atoms with E-state index in [1.54, 1.807) is 11.0 Å². The molecule has 1 aliphatic heterocycles. The molecule has 0 radical (unpaired) electrons. The molecular formula is C18H21ClN2O5. The number of halogens is 1. The van der Waals surface area contributed by atoms with E-state index in [1.165, 1.54) is 18.2 Å². The fourth-order valence-corrected chi connectivity index (χ4v) is 3.14. The van der Waals surface area contributed by atoms with Crippen molar-refractivity contribution < 1.29 is 19.2 Å². The number of nitrogens with zero attached hydrogens (tertiary/aromatic N) is 2. The summed E-state index contributed by atoms with van der Waals surface area (Å²) in [6.45, 7) is 2.43. The molecule has 0 aliphatic carbocycles. The maximum atomic E-state index is 12.2. The lowest BCUT2D eigenvalue weighted by Gasteiger charge is -2.35. The molecule has 0 aromatic heterocycles. The van der Waals surface area contributed by atoms with Gasteiger partial charge in [-0.3, -0.25) is 14.9 Å². The molecule has 2 rings (SSSR count). The molecule has 1 fully saturated rings. The third-order valence-electron chi connectivity index (χ3n) is 4.34. The number of carbonyl (C=O) groups is 2. The minimum atomic E-state index is -0.680. The number of esters is 1. The first-order chi connectivity index (χ1) is 12.4. The molecule has 0 saturated carbocycles. The summed E-state index contributed by atoms with van der Waals surface area (Å²) in [4.78, 5) is 36.1. The number of hydrogen-bond acceptors (Lipinski definition) is 5. The second-order valence-corrected chi connectivity index (χ2v) is 6.46. The Morgan fingerprint density at radius 2 is 2.19 bits per heavy atom. The summed E-state index contributed by atoms with van der Waals surface area (Å²) in [6, 6.07) is 4.40. The molecule has 7 nitrogen and oxygen atoms in total. The van der Waals surface area contributed by atoms with Crippen molar-refractivity contribution in [1.82, 2.24) is 4.90 Å². The van der Waals surface area contributed by atoms with Gasteiger partial charge in [0, 0.05) is 24.7 Å². The van der Waals surface area contributed by atoms with Crippen LogP contribution >= 0.6 is 11.6 Å². The summed E-state index contributed by atoms with van der Waals surface area (Å²) >= 11 is 5.74. The number of hydrogen-bond donors (Lipinski definition) is 0. The zero-order chi connectivity index (χ0) is 19.1. The molecule has 0 bridgehead atoms. The Kier molecular flexibility index (Phi) is 7.15. The molecule has 1 aliphatic rings. The Labute approximate surface area is 156 Å². The van der Waals surface area contributed by atoms with Crippen molar-refractivity contribution in [2.24, 2.45) is 0 Å². The van der Waals surface area contributed by atoms with Crippen molar-refractivity contribution in [2.45, 2.75) is 38.6 Å². The van der Waals surface area contributed by atoms with E-state index < -0.39 is 10.9 Å². The summed E-state index contributed by atoms with van der Waals surface area (Å²) in [7, 11) is 0. The van der Waals surface area contributed by atoms with Crippen LogP contribution < -0.4 is 0 Å².